The van der Waals surface area contributed by atoms with Crippen molar-refractivity contribution in [3.63, 3.8) is 0 Å². The molecule has 0 spiro atoms. The molecule has 1 N–H and O–H groups in total. The van der Waals surface area contributed by atoms with Crippen LogP contribution in [0.25, 0.3) is 21.2 Å². The van der Waals surface area contributed by atoms with Crippen molar-refractivity contribution in [2.75, 3.05) is 19.5 Å². The van der Waals surface area contributed by atoms with Crippen molar-refractivity contribution >= 4 is 27.1 Å². The Balaban J connectivity index is 2.14. The van der Waals surface area contributed by atoms with Gasteiger partial charge in [0, 0.05) is 23.0 Å². The van der Waals surface area contributed by atoms with E-state index in [4.69, 9.17) is 4.74 Å². The van der Waals surface area contributed by atoms with E-state index in [-0.39, 0.29) is 4.74 Å². The van der Waals surface area contributed by atoms with E-state index in [0.717, 1.165) is 32.6 Å². The maximum absolute atomic E-state index is 12.3. The van der Waals surface area contributed by atoms with Crippen molar-refractivity contribution in [2.45, 2.75) is 0 Å². The predicted octanol–water partition coefficient (Wildman–Crippen LogP) is 3.98. The van der Waals surface area contributed by atoms with Crippen LogP contribution in [0.1, 0.15) is 0 Å². The first-order chi connectivity index (χ1) is 10.2. The molecule has 0 fully saturated rings. The molecule has 0 saturated carbocycles. The molecule has 0 unspecified atom stereocenters. The third-order valence-electron chi connectivity index (χ3n) is 3.43. The van der Waals surface area contributed by atoms with Gasteiger partial charge in [0.25, 0.3) is 0 Å². The largest absolute Gasteiger partial charge is 0.497 e. The fourth-order valence-electron chi connectivity index (χ4n) is 2.24. The summed E-state index contributed by atoms with van der Waals surface area (Å²) in [7, 11) is 3.50. The number of fused-ring (bicyclic) bond motifs is 1. The molecule has 21 heavy (non-hydrogen) atoms. The summed E-state index contributed by atoms with van der Waals surface area (Å²) in [6.07, 6.45) is 0. The molecule has 3 rings (SSSR count). The van der Waals surface area contributed by atoms with Gasteiger partial charge in [-0.05, 0) is 47.3 Å². The number of methoxy groups -OCH3 is 1. The summed E-state index contributed by atoms with van der Waals surface area (Å²) in [6.45, 7) is 0. The van der Waals surface area contributed by atoms with Crippen LogP contribution in [0.15, 0.2) is 53.3 Å². The van der Waals surface area contributed by atoms with Gasteiger partial charge >= 0.3 is 0 Å². The van der Waals surface area contributed by atoms with E-state index >= 15 is 0 Å². The second-order valence-electron chi connectivity index (χ2n) is 4.68. The lowest BCUT2D eigenvalue weighted by Crippen LogP contribution is -1.99. The maximum atomic E-state index is 12.3. The van der Waals surface area contributed by atoms with Gasteiger partial charge in [-0.15, -0.1) is 0 Å². The van der Waals surface area contributed by atoms with Gasteiger partial charge in [-0.3, -0.25) is 4.79 Å². The lowest BCUT2D eigenvalue weighted by molar-refractivity contribution is 0.415. The molecule has 0 saturated heterocycles. The van der Waals surface area contributed by atoms with Gasteiger partial charge in [0.1, 0.15) is 5.75 Å². The fourth-order valence-corrected chi connectivity index (χ4v) is 3.14. The van der Waals surface area contributed by atoms with E-state index in [1.807, 2.05) is 55.6 Å². The van der Waals surface area contributed by atoms with Gasteiger partial charge in [-0.2, -0.15) is 0 Å². The molecule has 3 aromatic rings. The van der Waals surface area contributed by atoms with Crippen LogP contribution in [0.2, 0.25) is 0 Å². The van der Waals surface area contributed by atoms with Crippen molar-refractivity contribution in [1.29, 1.82) is 0 Å². The molecule has 0 aliphatic carbocycles. The highest BCUT2D eigenvalue weighted by atomic mass is 32.1. The molecule has 1 aromatic heterocycles. The molecule has 1 heterocycles. The quantitative estimate of drug-likeness (QED) is 0.794. The van der Waals surface area contributed by atoms with Crippen molar-refractivity contribution in [2.24, 2.45) is 0 Å². The lowest BCUT2D eigenvalue weighted by atomic mass is 10.1. The summed E-state index contributed by atoms with van der Waals surface area (Å²) >= 11 is 1.25. The highest BCUT2D eigenvalue weighted by Crippen LogP contribution is 2.27. The first-order valence-corrected chi connectivity index (χ1v) is 7.43. The zero-order valence-corrected chi connectivity index (χ0v) is 12.7. The van der Waals surface area contributed by atoms with Crippen LogP contribution in [0.3, 0.4) is 0 Å². The smallest absolute Gasteiger partial charge is 0.240 e. The van der Waals surface area contributed by atoms with Crippen molar-refractivity contribution in [3.05, 3.63) is 58.1 Å². The molecular weight excluding hydrogens is 282 g/mol. The molecule has 0 aliphatic rings. The molecular formula is C17H15NO2S. The monoisotopic (exact) mass is 297 g/mol. The molecule has 0 aliphatic heterocycles. The van der Waals surface area contributed by atoms with Gasteiger partial charge in [-0.25, -0.2) is 0 Å². The van der Waals surface area contributed by atoms with E-state index in [1.54, 1.807) is 7.11 Å². The molecule has 0 amide bonds. The van der Waals surface area contributed by atoms with Gasteiger partial charge in [0.15, 0.2) is 0 Å². The SMILES string of the molecule is CNc1ccc(-c2cc3ccc(OC)cc3sc2=O)cc1. The Hall–Kier alpha value is -2.33. The van der Waals surface area contributed by atoms with Crippen LogP contribution >= 0.6 is 11.3 Å². The molecule has 2 aromatic carbocycles. The number of hydrogen-bond donors (Lipinski definition) is 1. The number of ether oxygens (including phenoxy) is 1. The van der Waals surface area contributed by atoms with Crippen LogP contribution in [-0.4, -0.2) is 14.2 Å². The predicted molar refractivity (Wildman–Crippen MR) is 89.6 cm³/mol. The Labute approximate surface area is 126 Å². The third kappa shape index (κ3) is 2.62. The molecule has 4 heteroatoms. The molecule has 3 nitrogen and oxygen atoms in total. The van der Waals surface area contributed by atoms with Gasteiger partial charge in [0.2, 0.25) is 4.74 Å². The third-order valence-corrected chi connectivity index (χ3v) is 4.41. The average Bonchev–Trinajstić information content (AvgIpc) is 2.53. The summed E-state index contributed by atoms with van der Waals surface area (Å²) in [4.78, 5) is 12.3. The number of rotatable bonds is 3. The summed E-state index contributed by atoms with van der Waals surface area (Å²) < 4.78 is 6.20. The van der Waals surface area contributed by atoms with E-state index in [0.29, 0.717) is 0 Å². The molecule has 0 atom stereocenters. The number of benzene rings is 2. The minimum Gasteiger partial charge on any atom is -0.497 e. The fraction of sp³-hybridized carbons (Fsp3) is 0.118. The zero-order chi connectivity index (χ0) is 14.8. The summed E-state index contributed by atoms with van der Waals surface area (Å²) in [5.74, 6) is 0.768. The maximum Gasteiger partial charge on any atom is 0.240 e. The van der Waals surface area contributed by atoms with Crippen LogP contribution < -0.4 is 14.8 Å². The van der Waals surface area contributed by atoms with Gasteiger partial charge < -0.3 is 10.1 Å². The Bertz CT molecular complexity index is 838. The standard InChI is InChI=1S/C17H15NO2S/c1-18-13-6-3-11(4-7-13)15-9-12-5-8-14(20-2)10-16(12)21-17(15)19/h3-10,18H,1-2H3. The second kappa shape index (κ2) is 5.58. The number of hydrogen-bond acceptors (Lipinski definition) is 4. The van der Waals surface area contributed by atoms with Crippen molar-refractivity contribution in [1.82, 2.24) is 0 Å². The Kier molecular flexibility index (Phi) is 3.62. The summed E-state index contributed by atoms with van der Waals surface area (Å²) in [5.41, 5.74) is 2.70. The summed E-state index contributed by atoms with van der Waals surface area (Å²) in [6, 6.07) is 15.6. The zero-order valence-electron chi connectivity index (χ0n) is 11.8. The van der Waals surface area contributed by atoms with Crippen LogP contribution in [0, 0.1) is 0 Å². The van der Waals surface area contributed by atoms with E-state index in [1.165, 1.54) is 11.3 Å². The highest BCUT2D eigenvalue weighted by Gasteiger charge is 2.07. The minimum absolute atomic E-state index is 0.0629. The Morgan fingerprint density at radius 3 is 2.48 bits per heavy atom. The van der Waals surface area contributed by atoms with Crippen LogP contribution in [0.5, 0.6) is 5.75 Å². The number of anilines is 1. The topological polar surface area (TPSA) is 38.3 Å². The average molecular weight is 297 g/mol. The lowest BCUT2D eigenvalue weighted by Gasteiger charge is -2.06. The van der Waals surface area contributed by atoms with Gasteiger partial charge in [-0.1, -0.05) is 23.5 Å². The first kappa shape index (κ1) is 13.6. The van der Waals surface area contributed by atoms with Crippen molar-refractivity contribution < 1.29 is 4.74 Å². The summed E-state index contributed by atoms with van der Waals surface area (Å²) in [5, 5.41) is 4.12. The van der Waals surface area contributed by atoms with Crippen LogP contribution in [0.4, 0.5) is 5.69 Å². The van der Waals surface area contributed by atoms with Crippen molar-refractivity contribution in [3.8, 4) is 16.9 Å². The molecule has 0 bridgehead atoms. The van der Waals surface area contributed by atoms with E-state index in [9.17, 15) is 4.79 Å². The first-order valence-electron chi connectivity index (χ1n) is 6.61. The van der Waals surface area contributed by atoms with Crippen LogP contribution in [-0.2, 0) is 0 Å². The molecule has 0 radical (unpaired) electrons. The minimum atomic E-state index is 0.0629. The normalized spacial score (nSPS) is 10.6. The van der Waals surface area contributed by atoms with E-state index in [2.05, 4.69) is 5.32 Å². The van der Waals surface area contributed by atoms with E-state index < -0.39 is 0 Å². The second-order valence-corrected chi connectivity index (χ2v) is 5.69. The Morgan fingerprint density at radius 2 is 1.81 bits per heavy atom. The Morgan fingerprint density at radius 1 is 1.05 bits per heavy atom. The highest BCUT2D eigenvalue weighted by molar-refractivity contribution is 7.16. The van der Waals surface area contributed by atoms with Gasteiger partial charge in [0.05, 0.1) is 7.11 Å². The molecule has 106 valence electrons. The number of nitrogens with one attached hydrogen (secondary N) is 1.